The minimum Gasteiger partial charge on any atom is -0.455 e. The van der Waals surface area contributed by atoms with Crippen LogP contribution in [0.4, 0.5) is 0 Å². The molecule has 1 amide bonds. The number of nitrogens with zero attached hydrogens (tertiary/aromatic N) is 4. The van der Waals surface area contributed by atoms with Crippen molar-refractivity contribution in [3.05, 3.63) is 84.7 Å². The van der Waals surface area contributed by atoms with E-state index in [-0.39, 0.29) is 5.75 Å². The fourth-order valence-electron chi connectivity index (χ4n) is 3.72. The van der Waals surface area contributed by atoms with Gasteiger partial charge in [-0.3, -0.25) is 9.59 Å². The average molecular weight is 488 g/mol. The van der Waals surface area contributed by atoms with Crippen molar-refractivity contribution < 1.29 is 18.7 Å². The maximum Gasteiger partial charge on any atom is 0.316 e. The number of furan rings is 1. The van der Waals surface area contributed by atoms with E-state index in [9.17, 15) is 9.59 Å². The smallest absolute Gasteiger partial charge is 0.316 e. The molecule has 5 rings (SSSR count). The van der Waals surface area contributed by atoms with Crippen LogP contribution in [0.5, 0.6) is 0 Å². The molecule has 176 valence electrons. The highest BCUT2D eigenvalue weighted by Gasteiger charge is 2.21. The van der Waals surface area contributed by atoms with E-state index >= 15 is 0 Å². The molecule has 1 unspecified atom stereocenters. The lowest BCUT2D eigenvalue weighted by Crippen LogP contribution is -2.34. The summed E-state index contributed by atoms with van der Waals surface area (Å²) in [7, 11) is 1.85. The van der Waals surface area contributed by atoms with Gasteiger partial charge < -0.3 is 19.0 Å². The van der Waals surface area contributed by atoms with E-state index in [1.54, 1.807) is 12.4 Å². The highest BCUT2D eigenvalue weighted by Crippen LogP contribution is 2.32. The second-order valence-corrected chi connectivity index (χ2v) is 8.68. The number of hydrogen-bond acceptors (Lipinski definition) is 8. The summed E-state index contributed by atoms with van der Waals surface area (Å²) in [6.45, 7) is -0.406. The van der Waals surface area contributed by atoms with Crippen molar-refractivity contribution in [2.24, 2.45) is 7.05 Å². The first-order valence-corrected chi connectivity index (χ1v) is 11.8. The lowest BCUT2D eigenvalue weighted by Gasteiger charge is -2.19. The van der Waals surface area contributed by atoms with E-state index in [2.05, 4.69) is 20.3 Å². The Morgan fingerprint density at radius 3 is 2.69 bits per heavy atom. The Morgan fingerprint density at radius 1 is 1.09 bits per heavy atom. The molecular formula is C25H21N5O4S. The molecule has 35 heavy (non-hydrogen) atoms. The summed E-state index contributed by atoms with van der Waals surface area (Å²) in [4.78, 5) is 37.9. The van der Waals surface area contributed by atoms with Crippen LogP contribution in [-0.2, 0) is 21.4 Å². The second-order valence-electron chi connectivity index (χ2n) is 7.71. The lowest BCUT2D eigenvalue weighted by atomic mass is 10.1. The summed E-state index contributed by atoms with van der Waals surface area (Å²) < 4.78 is 12.9. The van der Waals surface area contributed by atoms with Crippen LogP contribution in [0.25, 0.3) is 22.1 Å². The van der Waals surface area contributed by atoms with Crippen LogP contribution in [0, 0.1) is 0 Å². The van der Waals surface area contributed by atoms with Gasteiger partial charge >= 0.3 is 5.97 Å². The first-order chi connectivity index (χ1) is 17.1. The Morgan fingerprint density at radius 2 is 1.89 bits per heavy atom. The third kappa shape index (κ3) is 4.87. The maximum atomic E-state index is 12.6. The van der Waals surface area contributed by atoms with Crippen molar-refractivity contribution in [1.82, 2.24) is 24.8 Å². The second kappa shape index (κ2) is 9.98. The van der Waals surface area contributed by atoms with Crippen molar-refractivity contribution >= 4 is 45.7 Å². The number of amides is 1. The number of thioether (sulfide) groups is 1. The molecular weight excluding hydrogens is 466 g/mol. The van der Waals surface area contributed by atoms with Crippen LogP contribution >= 0.6 is 11.8 Å². The number of carbonyl (C=O) groups is 2. The third-order valence-electron chi connectivity index (χ3n) is 5.37. The summed E-state index contributed by atoms with van der Waals surface area (Å²) in [5.74, 6) is -0.328. The lowest BCUT2D eigenvalue weighted by molar-refractivity contribution is -0.146. The van der Waals surface area contributed by atoms with Gasteiger partial charge in [-0.15, -0.1) is 0 Å². The van der Waals surface area contributed by atoms with E-state index in [0.29, 0.717) is 27.5 Å². The number of rotatable bonds is 8. The molecule has 1 N–H and O–H groups in total. The molecule has 2 aromatic carbocycles. The highest BCUT2D eigenvalue weighted by atomic mass is 32.2. The SMILES string of the molecule is Cn1ccnc1C(NC(=O)COC(=O)CSc1ncnc2c1oc1ccccc12)c1ccccc1. The molecule has 3 heterocycles. The average Bonchev–Trinajstić information content (AvgIpc) is 3.49. The van der Waals surface area contributed by atoms with Crippen molar-refractivity contribution in [3.63, 3.8) is 0 Å². The molecule has 0 spiro atoms. The highest BCUT2D eigenvalue weighted by molar-refractivity contribution is 8.00. The maximum absolute atomic E-state index is 12.6. The number of nitrogens with one attached hydrogen (secondary N) is 1. The predicted octanol–water partition coefficient (Wildman–Crippen LogP) is 3.65. The quantitative estimate of drug-likeness (QED) is 0.201. The molecule has 0 aliphatic carbocycles. The van der Waals surface area contributed by atoms with Crippen LogP contribution in [0.1, 0.15) is 17.4 Å². The summed E-state index contributed by atoms with van der Waals surface area (Å²) >= 11 is 1.17. The van der Waals surface area contributed by atoms with E-state index in [1.807, 2.05) is 66.2 Å². The van der Waals surface area contributed by atoms with Gasteiger partial charge in [-0.05, 0) is 17.7 Å². The van der Waals surface area contributed by atoms with Crippen molar-refractivity contribution in [1.29, 1.82) is 0 Å². The van der Waals surface area contributed by atoms with Crippen LogP contribution in [0.3, 0.4) is 0 Å². The van der Waals surface area contributed by atoms with E-state index in [0.717, 1.165) is 10.9 Å². The van der Waals surface area contributed by atoms with Crippen LogP contribution < -0.4 is 5.32 Å². The number of para-hydroxylation sites is 1. The molecule has 0 aliphatic rings. The Kier molecular flexibility index (Phi) is 6.44. The number of fused-ring (bicyclic) bond motifs is 3. The van der Waals surface area contributed by atoms with Gasteiger partial charge in [0, 0.05) is 24.8 Å². The summed E-state index contributed by atoms with van der Waals surface area (Å²) in [6.07, 6.45) is 4.91. The largest absolute Gasteiger partial charge is 0.455 e. The Balaban J connectivity index is 1.20. The molecule has 0 aliphatic heterocycles. The molecule has 0 saturated heterocycles. The molecule has 9 nitrogen and oxygen atoms in total. The monoisotopic (exact) mass is 487 g/mol. The fourth-order valence-corrected chi connectivity index (χ4v) is 4.45. The Hall–Kier alpha value is -4.18. The van der Waals surface area contributed by atoms with Gasteiger partial charge in [-0.2, -0.15) is 0 Å². The number of hydrogen-bond donors (Lipinski definition) is 1. The molecule has 10 heteroatoms. The van der Waals surface area contributed by atoms with Gasteiger partial charge in [0.05, 0.1) is 5.75 Å². The van der Waals surface area contributed by atoms with Gasteiger partial charge in [0.25, 0.3) is 5.91 Å². The van der Waals surface area contributed by atoms with Gasteiger partial charge in [0.1, 0.15) is 34.3 Å². The summed E-state index contributed by atoms with van der Waals surface area (Å²) in [6, 6.07) is 16.6. The van der Waals surface area contributed by atoms with E-state index in [1.165, 1.54) is 18.1 Å². The first kappa shape index (κ1) is 22.6. The van der Waals surface area contributed by atoms with E-state index < -0.39 is 24.5 Å². The third-order valence-corrected chi connectivity index (χ3v) is 6.32. The Bertz CT molecular complexity index is 1500. The number of carbonyl (C=O) groups excluding carboxylic acids is 2. The van der Waals surface area contributed by atoms with Crippen LogP contribution in [0.2, 0.25) is 0 Å². The van der Waals surface area contributed by atoms with Gasteiger partial charge in [-0.25, -0.2) is 15.0 Å². The number of ether oxygens (including phenoxy) is 1. The number of aryl methyl sites for hydroxylation is 1. The van der Waals surface area contributed by atoms with Crippen molar-refractivity contribution in [2.75, 3.05) is 12.4 Å². The molecule has 5 aromatic rings. The molecule has 3 aromatic heterocycles. The molecule has 0 bridgehead atoms. The Labute approximate surface area is 204 Å². The standard InChI is InChI=1S/C25H21N5O4S/c1-30-12-11-26-24(30)21(16-7-3-2-4-8-16)29-19(31)13-33-20(32)14-35-25-23-22(27-15-28-25)17-9-5-6-10-18(17)34-23/h2-12,15,21H,13-14H2,1H3,(H,29,31). The zero-order chi connectivity index (χ0) is 24.2. The summed E-state index contributed by atoms with van der Waals surface area (Å²) in [5.41, 5.74) is 2.78. The molecule has 1 atom stereocenters. The van der Waals surface area contributed by atoms with E-state index in [4.69, 9.17) is 9.15 Å². The summed E-state index contributed by atoms with van der Waals surface area (Å²) in [5, 5.41) is 4.32. The topological polar surface area (TPSA) is 112 Å². The minimum absolute atomic E-state index is 0.0298. The number of esters is 1. The van der Waals surface area contributed by atoms with Crippen molar-refractivity contribution in [2.45, 2.75) is 11.1 Å². The molecule has 0 radical (unpaired) electrons. The zero-order valence-electron chi connectivity index (χ0n) is 18.7. The zero-order valence-corrected chi connectivity index (χ0v) is 19.6. The molecule has 0 saturated carbocycles. The number of benzene rings is 2. The minimum atomic E-state index is -0.540. The van der Waals surface area contributed by atoms with Crippen LogP contribution in [-0.4, -0.2) is 43.8 Å². The number of imidazole rings is 1. The van der Waals surface area contributed by atoms with Gasteiger partial charge in [0.2, 0.25) is 0 Å². The first-order valence-electron chi connectivity index (χ1n) is 10.8. The van der Waals surface area contributed by atoms with Crippen molar-refractivity contribution in [3.8, 4) is 0 Å². The van der Waals surface area contributed by atoms with Gasteiger partial charge in [-0.1, -0.05) is 54.2 Å². The normalized spacial score (nSPS) is 12.0. The fraction of sp³-hybridized carbons (Fsp3) is 0.160. The number of aromatic nitrogens is 4. The van der Waals surface area contributed by atoms with Gasteiger partial charge in [0.15, 0.2) is 12.2 Å². The van der Waals surface area contributed by atoms with Crippen LogP contribution in [0.15, 0.2) is 82.8 Å². The predicted molar refractivity (Wildman–Crippen MR) is 131 cm³/mol. The molecule has 0 fully saturated rings.